The fourth-order valence-electron chi connectivity index (χ4n) is 2.73. The third kappa shape index (κ3) is 2.63. The standard InChI is InChI=1S/C20H15FN2O/c1-24-18-4-2-3-15(11-18)19-13-23-12-16(7-10-20(23)22-19)14-5-8-17(21)9-6-14/h2-13H,1H3. The third-order valence-corrected chi connectivity index (χ3v) is 3.99. The largest absolute Gasteiger partial charge is 0.497 e. The van der Waals surface area contributed by atoms with Crippen LogP contribution >= 0.6 is 0 Å². The summed E-state index contributed by atoms with van der Waals surface area (Å²) in [6, 6.07) is 18.3. The van der Waals surface area contributed by atoms with Gasteiger partial charge in [-0.1, -0.05) is 24.3 Å². The lowest BCUT2D eigenvalue weighted by molar-refractivity contribution is 0.415. The Morgan fingerprint density at radius 2 is 1.67 bits per heavy atom. The lowest BCUT2D eigenvalue weighted by Gasteiger charge is -2.02. The summed E-state index contributed by atoms with van der Waals surface area (Å²) in [7, 11) is 1.65. The van der Waals surface area contributed by atoms with Crippen LogP contribution < -0.4 is 4.74 Å². The molecule has 2 aromatic heterocycles. The minimum Gasteiger partial charge on any atom is -0.497 e. The molecule has 4 heteroatoms. The van der Waals surface area contributed by atoms with Crippen molar-refractivity contribution in [1.82, 2.24) is 9.38 Å². The van der Waals surface area contributed by atoms with Gasteiger partial charge in [-0.05, 0) is 47.5 Å². The molecule has 4 rings (SSSR count). The highest BCUT2D eigenvalue weighted by atomic mass is 19.1. The zero-order valence-corrected chi connectivity index (χ0v) is 13.1. The topological polar surface area (TPSA) is 26.5 Å². The number of rotatable bonds is 3. The maximum absolute atomic E-state index is 13.1. The van der Waals surface area contributed by atoms with Crippen LogP contribution in [0.3, 0.4) is 0 Å². The Balaban J connectivity index is 1.77. The van der Waals surface area contributed by atoms with Gasteiger partial charge in [0.2, 0.25) is 0 Å². The summed E-state index contributed by atoms with van der Waals surface area (Å²) < 4.78 is 20.3. The van der Waals surface area contributed by atoms with E-state index in [1.165, 1.54) is 12.1 Å². The van der Waals surface area contributed by atoms with E-state index in [0.29, 0.717) is 0 Å². The highest BCUT2D eigenvalue weighted by Gasteiger charge is 2.07. The molecular weight excluding hydrogens is 303 g/mol. The minimum absolute atomic E-state index is 0.234. The average molecular weight is 318 g/mol. The van der Waals surface area contributed by atoms with Crippen LogP contribution in [0.5, 0.6) is 5.75 Å². The highest BCUT2D eigenvalue weighted by molar-refractivity contribution is 5.68. The zero-order valence-electron chi connectivity index (χ0n) is 13.1. The van der Waals surface area contributed by atoms with Gasteiger partial charge in [0.05, 0.1) is 12.8 Å². The summed E-state index contributed by atoms with van der Waals surface area (Å²) >= 11 is 0. The number of imidazole rings is 1. The van der Waals surface area contributed by atoms with Crippen LogP contribution in [0, 0.1) is 5.82 Å². The zero-order chi connectivity index (χ0) is 16.5. The Morgan fingerprint density at radius 3 is 2.46 bits per heavy atom. The van der Waals surface area contributed by atoms with Gasteiger partial charge in [0.25, 0.3) is 0 Å². The summed E-state index contributed by atoms with van der Waals surface area (Å²) in [6.07, 6.45) is 3.98. The van der Waals surface area contributed by atoms with Gasteiger partial charge in [-0.15, -0.1) is 0 Å². The van der Waals surface area contributed by atoms with E-state index in [2.05, 4.69) is 4.98 Å². The van der Waals surface area contributed by atoms with Crippen LogP contribution in [0.4, 0.5) is 4.39 Å². The van der Waals surface area contributed by atoms with Gasteiger partial charge in [-0.25, -0.2) is 9.37 Å². The molecule has 118 valence electrons. The van der Waals surface area contributed by atoms with Gasteiger partial charge >= 0.3 is 0 Å². The second kappa shape index (κ2) is 5.81. The molecule has 0 saturated heterocycles. The number of methoxy groups -OCH3 is 1. The molecule has 2 heterocycles. The van der Waals surface area contributed by atoms with Gasteiger partial charge in [0.1, 0.15) is 17.2 Å². The van der Waals surface area contributed by atoms with Crippen molar-refractivity contribution in [3.05, 3.63) is 78.9 Å². The second-order valence-corrected chi connectivity index (χ2v) is 5.55. The minimum atomic E-state index is -0.234. The van der Waals surface area contributed by atoms with Crippen LogP contribution in [-0.4, -0.2) is 16.5 Å². The number of hydrogen-bond acceptors (Lipinski definition) is 2. The summed E-state index contributed by atoms with van der Waals surface area (Å²) in [6.45, 7) is 0. The SMILES string of the molecule is COc1cccc(-c2cn3cc(-c4ccc(F)cc4)ccc3n2)c1. The first kappa shape index (κ1) is 14.5. The predicted octanol–water partition coefficient (Wildman–Crippen LogP) is 4.82. The molecule has 0 saturated carbocycles. The fourth-order valence-corrected chi connectivity index (χ4v) is 2.73. The number of hydrogen-bond donors (Lipinski definition) is 0. The summed E-state index contributed by atoms with van der Waals surface area (Å²) in [5.41, 5.74) is 4.72. The monoisotopic (exact) mass is 318 g/mol. The van der Waals surface area contributed by atoms with E-state index in [-0.39, 0.29) is 5.82 Å². The number of halogens is 1. The first-order chi connectivity index (χ1) is 11.7. The lowest BCUT2D eigenvalue weighted by atomic mass is 10.1. The Hall–Kier alpha value is -3.14. The quantitative estimate of drug-likeness (QED) is 0.541. The van der Waals surface area contributed by atoms with Crippen molar-refractivity contribution in [2.24, 2.45) is 0 Å². The predicted molar refractivity (Wildman–Crippen MR) is 92.6 cm³/mol. The van der Waals surface area contributed by atoms with E-state index >= 15 is 0 Å². The van der Waals surface area contributed by atoms with Gasteiger partial charge in [-0.2, -0.15) is 0 Å². The molecular formula is C20H15FN2O. The van der Waals surface area contributed by atoms with Gasteiger partial charge in [-0.3, -0.25) is 0 Å². The molecule has 3 nitrogen and oxygen atoms in total. The van der Waals surface area contributed by atoms with Gasteiger partial charge in [0, 0.05) is 18.0 Å². The highest BCUT2D eigenvalue weighted by Crippen LogP contribution is 2.25. The number of aromatic nitrogens is 2. The molecule has 0 unspecified atom stereocenters. The molecule has 0 radical (unpaired) electrons. The Morgan fingerprint density at radius 1 is 0.875 bits per heavy atom. The van der Waals surface area contributed by atoms with Crippen molar-refractivity contribution < 1.29 is 9.13 Å². The third-order valence-electron chi connectivity index (χ3n) is 3.99. The van der Waals surface area contributed by atoms with Crippen LogP contribution in [0.25, 0.3) is 28.0 Å². The fraction of sp³-hybridized carbons (Fsp3) is 0.0500. The molecule has 0 bridgehead atoms. The van der Waals surface area contributed by atoms with E-state index in [1.807, 2.05) is 53.2 Å². The molecule has 0 N–H and O–H groups in total. The summed E-state index contributed by atoms with van der Waals surface area (Å²) in [5, 5.41) is 0. The maximum atomic E-state index is 13.1. The summed E-state index contributed by atoms with van der Waals surface area (Å²) in [5.74, 6) is 0.569. The smallest absolute Gasteiger partial charge is 0.137 e. The van der Waals surface area contributed by atoms with E-state index in [0.717, 1.165) is 33.8 Å². The number of fused-ring (bicyclic) bond motifs is 1. The van der Waals surface area contributed by atoms with Crippen molar-refractivity contribution in [3.8, 4) is 28.1 Å². The normalized spacial score (nSPS) is 10.9. The second-order valence-electron chi connectivity index (χ2n) is 5.55. The maximum Gasteiger partial charge on any atom is 0.137 e. The number of pyridine rings is 1. The molecule has 0 aliphatic carbocycles. The molecule has 24 heavy (non-hydrogen) atoms. The van der Waals surface area contributed by atoms with Crippen LogP contribution in [-0.2, 0) is 0 Å². The van der Waals surface area contributed by atoms with Gasteiger partial charge < -0.3 is 9.14 Å². The summed E-state index contributed by atoms with van der Waals surface area (Å²) in [4.78, 5) is 4.65. The molecule has 0 atom stereocenters. The van der Waals surface area contributed by atoms with Crippen molar-refractivity contribution in [2.45, 2.75) is 0 Å². The molecule has 0 amide bonds. The number of ether oxygens (including phenoxy) is 1. The molecule has 0 spiro atoms. The van der Waals surface area contributed by atoms with E-state index in [9.17, 15) is 4.39 Å². The molecule has 0 fully saturated rings. The van der Waals surface area contributed by atoms with E-state index in [1.54, 1.807) is 19.2 Å². The molecule has 2 aromatic carbocycles. The van der Waals surface area contributed by atoms with E-state index < -0.39 is 0 Å². The Labute approximate surface area is 139 Å². The van der Waals surface area contributed by atoms with Crippen molar-refractivity contribution in [2.75, 3.05) is 7.11 Å². The Kier molecular flexibility index (Phi) is 3.50. The first-order valence-electron chi connectivity index (χ1n) is 7.62. The lowest BCUT2D eigenvalue weighted by Crippen LogP contribution is -1.85. The molecule has 4 aromatic rings. The van der Waals surface area contributed by atoms with Crippen LogP contribution in [0.15, 0.2) is 73.1 Å². The Bertz CT molecular complexity index is 1010. The van der Waals surface area contributed by atoms with Crippen molar-refractivity contribution in [3.63, 3.8) is 0 Å². The number of nitrogens with zero attached hydrogens (tertiary/aromatic N) is 2. The van der Waals surface area contributed by atoms with Gasteiger partial charge in [0.15, 0.2) is 0 Å². The average Bonchev–Trinajstić information content (AvgIpc) is 3.05. The van der Waals surface area contributed by atoms with Crippen LogP contribution in [0.1, 0.15) is 0 Å². The van der Waals surface area contributed by atoms with Crippen molar-refractivity contribution >= 4 is 5.65 Å². The number of benzene rings is 2. The molecule has 0 aliphatic rings. The van der Waals surface area contributed by atoms with Crippen LogP contribution in [0.2, 0.25) is 0 Å². The molecule has 0 aliphatic heterocycles. The van der Waals surface area contributed by atoms with Crippen molar-refractivity contribution in [1.29, 1.82) is 0 Å². The first-order valence-corrected chi connectivity index (χ1v) is 7.62. The van der Waals surface area contributed by atoms with E-state index in [4.69, 9.17) is 4.74 Å².